The van der Waals surface area contributed by atoms with Crippen molar-refractivity contribution in [3.63, 3.8) is 0 Å². The minimum absolute atomic E-state index is 0.0278. The first-order chi connectivity index (χ1) is 9.79. The van der Waals surface area contributed by atoms with Gasteiger partial charge in [0.25, 0.3) is 0 Å². The van der Waals surface area contributed by atoms with Crippen molar-refractivity contribution < 1.29 is 9.53 Å². The highest BCUT2D eigenvalue weighted by molar-refractivity contribution is 6.01. The predicted molar refractivity (Wildman–Crippen MR) is 77.5 cm³/mol. The van der Waals surface area contributed by atoms with Crippen LogP contribution in [0, 0.1) is 5.92 Å². The van der Waals surface area contributed by atoms with E-state index in [9.17, 15) is 4.79 Å². The van der Waals surface area contributed by atoms with E-state index >= 15 is 0 Å². The smallest absolute Gasteiger partial charge is 0.231 e. The van der Waals surface area contributed by atoms with E-state index in [0.29, 0.717) is 13.2 Å². The number of pyridine rings is 1. The standard InChI is InChI=1S/C15H17N3O2/c1-16-13-9-20-8-11(13)15(19)18-12-6-2-4-10-5-3-7-17-14(10)12/h2-7,11,13,16H,8-9H2,1H3,(H,18,19). The molecule has 5 heteroatoms. The van der Waals surface area contributed by atoms with Crippen molar-refractivity contribution in [2.24, 2.45) is 5.92 Å². The summed E-state index contributed by atoms with van der Waals surface area (Å²) >= 11 is 0. The molecule has 2 aromatic rings. The van der Waals surface area contributed by atoms with Crippen LogP contribution in [0.25, 0.3) is 10.9 Å². The molecule has 0 radical (unpaired) electrons. The minimum atomic E-state index is -0.168. The monoisotopic (exact) mass is 271 g/mol. The van der Waals surface area contributed by atoms with Crippen LogP contribution in [0.15, 0.2) is 36.5 Å². The quantitative estimate of drug-likeness (QED) is 0.886. The molecule has 0 spiro atoms. The largest absolute Gasteiger partial charge is 0.379 e. The van der Waals surface area contributed by atoms with Crippen molar-refractivity contribution >= 4 is 22.5 Å². The van der Waals surface area contributed by atoms with Crippen molar-refractivity contribution in [2.45, 2.75) is 6.04 Å². The Morgan fingerprint density at radius 1 is 1.30 bits per heavy atom. The van der Waals surface area contributed by atoms with Crippen molar-refractivity contribution in [3.8, 4) is 0 Å². The fourth-order valence-corrected chi connectivity index (χ4v) is 2.53. The molecule has 1 fully saturated rings. The highest BCUT2D eigenvalue weighted by Gasteiger charge is 2.33. The van der Waals surface area contributed by atoms with Gasteiger partial charge < -0.3 is 15.4 Å². The topological polar surface area (TPSA) is 63.2 Å². The van der Waals surface area contributed by atoms with Crippen molar-refractivity contribution in [1.82, 2.24) is 10.3 Å². The zero-order chi connectivity index (χ0) is 13.9. The van der Waals surface area contributed by atoms with Gasteiger partial charge in [-0.3, -0.25) is 9.78 Å². The van der Waals surface area contributed by atoms with Crippen LogP contribution >= 0.6 is 0 Å². The molecule has 1 aliphatic rings. The van der Waals surface area contributed by atoms with Gasteiger partial charge in [-0.1, -0.05) is 18.2 Å². The second kappa shape index (κ2) is 5.56. The maximum absolute atomic E-state index is 12.4. The van der Waals surface area contributed by atoms with E-state index in [2.05, 4.69) is 15.6 Å². The molecular formula is C15H17N3O2. The molecule has 2 heterocycles. The average Bonchev–Trinajstić information content (AvgIpc) is 2.96. The van der Waals surface area contributed by atoms with Gasteiger partial charge in [0.15, 0.2) is 0 Å². The number of nitrogens with zero attached hydrogens (tertiary/aromatic N) is 1. The zero-order valence-corrected chi connectivity index (χ0v) is 11.3. The first-order valence-electron chi connectivity index (χ1n) is 6.69. The number of hydrogen-bond acceptors (Lipinski definition) is 4. The molecule has 2 atom stereocenters. The summed E-state index contributed by atoms with van der Waals surface area (Å²) in [5, 5.41) is 7.10. The Morgan fingerprint density at radius 2 is 2.15 bits per heavy atom. The molecule has 0 bridgehead atoms. The van der Waals surface area contributed by atoms with Crippen LogP contribution in [0.2, 0.25) is 0 Å². The third-order valence-corrected chi connectivity index (χ3v) is 3.68. The van der Waals surface area contributed by atoms with E-state index < -0.39 is 0 Å². The number of para-hydroxylation sites is 1. The summed E-state index contributed by atoms with van der Waals surface area (Å²) in [4.78, 5) is 16.7. The number of nitrogens with one attached hydrogen (secondary N) is 2. The maximum atomic E-state index is 12.4. The first kappa shape index (κ1) is 13.0. The summed E-state index contributed by atoms with van der Waals surface area (Å²) in [6.07, 6.45) is 1.73. The summed E-state index contributed by atoms with van der Waals surface area (Å²) in [5.74, 6) is -0.195. The lowest BCUT2D eigenvalue weighted by atomic mass is 10.0. The van der Waals surface area contributed by atoms with Crippen LogP contribution in [-0.4, -0.2) is 37.2 Å². The summed E-state index contributed by atoms with van der Waals surface area (Å²) < 4.78 is 5.37. The van der Waals surface area contributed by atoms with Crippen LogP contribution in [0.4, 0.5) is 5.69 Å². The number of carbonyl (C=O) groups is 1. The number of amides is 1. The molecule has 1 saturated heterocycles. The Morgan fingerprint density at radius 3 is 3.00 bits per heavy atom. The van der Waals surface area contributed by atoms with Gasteiger partial charge in [0.2, 0.25) is 5.91 Å². The Bertz CT molecular complexity index is 624. The van der Waals surface area contributed by atoms with E-state index in [0.717, 1.165) is 16.6 Å². The molecule has 104 valence electrons. The second-order valence-electron chi connectivity index (χ2n) is 4.91. The van der Waals surface area contributed by atoms with Crippen molar-refractivity contribution in [2.75, 3.05) is 25.6 Å². The number of ether oxygens (including phenoxy) is 1. The second-order valence-corrected chi connectivity index (χ2v) is 4.91. The van der Waals surface area contributed by atoms with E-state index in [1.54, 1.807) is 6.20 Å². The summed E-state index contributed by atoms with van der Waals surface area (Å²) in [5.41, 5.74) is 1.55. The number of carbonyl (C=O) groups excluding carboxylic acids is 1. The fraction of sp³-hybridized carbons (Fsp3) is 0.333. The first-order valence-corrected chi connectivity index (χ1v) is 6.69. The highest BCUT2D eigenvalue weighted by Crippen LogP contribution is 2.22. The van der Waals surface area contributed by atoms with Crippen LogP contribution in [0.1, 0.15) is 0 Å². The molecule has 1 aromatic carbocycles. The summed E-state index contributed by atoms with van der Waals surface area (Å²) in [6, 6.07) is 9.70. The molecule has 5 nitrogen and oxygen atoms in total. The van der Waals surface area contributed by atoms with Gasteiger partial charge >= 0.3 is 0 Å². The number of rotatable bonds is 3. The van der Waals surface area contributed by atoms with Crippen molar-refractivity contribution in [3.05, 3.63) is 36.5 Å². The molecular weight excluding hydrogens is 254 g/mol. The lowest BCUT2D eigenvalue weighted by Crippen LogP contribution is -2.39. The third-order valence-electron chi connectivity index (χ3n) is 3.68. The SMILES string of the molecule is CNC1COCC1C(=O)Nc1cccc2cccnc12. The van der Waals surface area contributed by atoms with Gasteiger partial charge in [0.1, 0.15) is 0 Å². The lowest BCUT2D eigenvalue weighted by Gasteiger charge is -2.17. The Hall–Kier alpha value is -1.98. The van der Waals surface area contributed by atoms with E-state index in [-0.39, 0.29) is 17.9 Å². The normalized spacial score (nSPS) is 22.1. The van der Waals surface area contributed by atoms with Gasteiger partial charge in [-0.2, -0.15) is 0 Å². The number of aromatic nitrogens is 1. The molecule has 1 aromatic heterocycles. The lowest BCUT2D eigenvalue weighted by molar-refractivity contribution is -0.120. The van der Waals surface area contributed by atoms with Gasteiger partial charge in [-0.15, -0.1) is 0 Å². The number of hydrogen-bond donors (Lipinski definition) is 2. The molecule has 20 heavy (non-hydrogen) atoms. The fourth-order valence-electron chi connectivity index (χ4n) is 2.53. The predicted octanol–water partition coefficient (Wildman–Crippen LogP) is 1.41. The molecule has 1 amide bonds. The Balaban J connectivity index is 1.84. The zero-order valence-electron chi connectivity index (χ0n) is 11.3. The van der Waals surface area contributed by atoms with E-state index in [4.69, 9.17) is 4.74 Å². The molecule has 1 aliphatic heterocycles. The molecule has 2 unspecified atom stereocenters. The van der Waals surface area contributed by atoms with Gasteiger partial charge in [-0.05, 0) is 19.2 Å². The van der Waals surface area contributed by atoms with E-state index in [1.165, 1.54) is 0 Å². The van der Waals surface area contributed by atoms with Crippen molar-refractivity contribution in [1.29, 1.82) is 0 Å². The van der Waals surface area contributed by atoms with Crippen LogP contribution in [0.5, 0.6) is 0 Å². The Kier molecular flexibility index (Phi) is 3.62. The Labute approximate surface area is 117 Å². The number of fused-ring (bicyclic) bond motifs is 1. The maximum Gasteiger partial charge on any atom is 0.231 e. The average molecular weight is 271 g/mol. The third kappa shape index (κ3) is 2.37. The summed E-state index contributed by atoms with van der Waals surface area (Å²) in [6.45, 7) is 1.03. The minimum Gasteiger partial charge on any atom is -0.379 e. The van der Waals surface area contributed by atoms with Crippen LogP contribution in [-0.2, 0) is 9.53 Å². The van der Waals surface area contributed by atoms with Crippen LogP contribution in [0.3, 0.4) is 0 Å². The van der Waals surface area contributed by atoms with E-state index in [1.807, 2.05) is 37.4 Å². The number of anilines is 1. The van der Waals surface area contributed by atoms with Gasteiger partial charge in [0, 0.05) is 17.6 Å². The summed E-state index contributed by atoms with van der Waals surface area (Å²) in [7, 11) is 1.85. The van der Waals surface area contributed by atoms with Gasteiger partial charge in [-0.25, -0.2) is 0 Å². The molecule has 3 rings (SSSR count). The highest BCUT2D eigenvalue weighted by atomic mass is 16.5. The molecule has 2 N–H and O–H groups in total. The number of benzene rings is 1. The van der Waals surface area contributed by atoms with Gasteiger partial charge in [0.05, 0.1) is 30.3 Å². The van der Waals surface area contributed by atoms with Crippen LogP contribution < -0.4 is 10.6 Å². The molecule has 0 aliphatic carbocycles. The number of likely N-dealkylation sites (N-methyl/N-ethyl adjacent to an activating group) is 1. The molecule has 0 saturated carbocycles.